The van der Waals surface area contributed by atoms with Gasteiger partial charge in [0.1, 0.15) is 0 Å². The highest BCUT2D eigenvalue weighted by atomic mass is 79.9. The molecule has 72 valence electrons. The van der Waals surface area contributed by atoms with Crippen molar-refractivity contribution in [1.29, 1.82) is 0 Å². The molecule has 0 saturated carbocycles. The van der Waals surface area contributed by atoms with Gasteiger partial charge in [0.25, 0.3) is 0 Å². The predicted molar refractivity (Wildman–Crippen MR) is 64.6 cm³/mol. The van der Waals surface area contributed by atoms with Gasteiger partial charge in [-0.2, -0.15) is 0 Å². The first-order valence-electron chi connectivity index (χ1n) is 4.16. The number of alkyl halides is 1. The summed E-state index contributed by atoms with van der Waals surface area (Å²) in [6.07, 6.45) is 0. The Hall–Kier alpha value is -0.870. The summed E-state index contributed by atoms with van der Waals surface area (Å²) in [6.45, 7) is 0. The fourth-order valence-corrected chi connectivity index (χ4v) is 2.13. The normalized spacial score (nSPS) is 10.4. The molecule has 0 aliphatic rings. The van der Waals surface area contributed by atoms with Crippen molar-refractivity contribution >= 4 is 32.4 Å². The first-order valence-corrected chi connectivity index (χ1v) is 6.16. The van der Waals surface area contributed by atoms with Crippen LogP contribution in [0.4, 0.5) is 5.13 Å². The second-order valence-corrected chi connectivity index (χ2v) is 4.35. The summed E-state index contributed by atoms with van der Waals surface area (Å²) >= 11 is 4.88. The number of nitrogens with zero attached hydrogens (tertiary/aromatic N) is 1. The number of nitrogens with two attached hydrogens (primary N) is 1. The number of aromatic nitrogens is 1. The number of halogens is 1. The summed E-state index contributed by atoms with van der Waals surface area (Å²) in [7, 11) is 0. The van der Waals surface area contributed by atoms with Crippen LogP contribution in [0.15, 0.2) is 29.6 Å². The second-order valence-electron chi connectivity index (χ2n) is 2.90. The molecule has 0 spiro atoms. The fourth-order valence-electron chi connectivity index (χ4n) is 1.18. The van der Waals surface area contributed by atoms with Gasteiger partial charge in [0.2, 0.25) is 0 Å². The van der Waals surface area contributed by atoms with Crippen molar-refractivity contribution in [2.45, 2.75) is 5.33 Å². The topological polar surface area (TPSA) is 38.9 Å². The average Bonchev–Trinajstić information content (AvgIpc) is 2.65. The van der Waals surface area contributed by atoms with Crippen molar-refractivity contribution in [2.75, 3.05) is 5.73 Å². The summed E-state index contributed by atoms with van der Waals surface area (Å²) in [5.41, 5.74) is 8.90. The van der Waals surface area contributed by atoms with Crippen molar-refractivity contribution in [1.82, 2.24) is 4.98 Å². The summed E-state index contributed by atoms with van der Waals surface area (Å²) in [5, 5.41) is 3.47. The Kier molecular flexibility index (Phi) is 2.84. The highest BCUT2D eigenvalue weighted by Crippen LogP contribution is 2.23. The maximum absolute atomic E-state index is 5.57. The van der Waals surface area contributed by atoms with Crippen LogP contribution in [0, 0.1) is 0 Å². The van der Waals surface area contributed by atoms with Gasteiger partial charge in [0.05, 0.1) is 5.69 Å². The SMILES string of the molecule is Nc1nc(-c2ccc(CBr)cc2)cs1. The molecule has 14 heavy (non-hydrogen) atoms. The van der Waals surface area contributed by atoms with E-state index in [4.69, 9.17) is 5.73 Å². The Morgan fingerprint density at radius 2 is 2.00 bits per heavy atom. The summed E-state index contributed by atoms with van der Waals surface area (Å²) in [4.78, 5) is 4.22. The van der Waals surface area contributed by atoms with Crippen molar-refractivity contribution in [3.05, 3.63) is 35.2 Å². The lowest BCUT2D eigenvalue weighted by molar-refractivity contribution is 1.39. The predicted octanol–water partition coefficient (Wildman–Crippen LogP) is 3.29. The van der Waals surface area contributed by atoms with Gasteiger partial charge in [-0.05, 0) is 5.56 Å². The molecule has 0 aliphatic carbocycles. The summed E-state index contributed by atoms with van der Waals surface area (Å²) in [6, 6.07) is 8.29. The summed E-state index contributed by atoms with van der Waals surface area (Å²) < 4.78 is 0. The Bertz CT molecular complexity index is 422. The lowest BCUT2D eigenvalue weighted by Gasteiger charge is -1.98. The molecule has 2 nitrogen and oxygen atoms in total. The van der Waals surface area contributed by atoms with Crippen LogP contribution in [0.25, 0.3) is 11.3 Å². The number of thiazole rings is 1. The van der Waals surface area contributed by atoms with E-state index >= 15 is 0 Å². The van der Waals surface area contributed by atoms with Crippen LogP contribution in [-0.4, -0.2) is 4.98 Å². The van der Waals surface area contributed by atoms with Crippen LogP contribution in [0.3, 0.4) is 0 Å². The molecule has 1 aromatic heterocycles. The largest absolute Gasteiger partial charge is 0.375 e. The number of nitrogen functional groups attached to an aromatic ring is 1. The zero-order valence-electron chi connectivity index (χ0n) is 7.40. The number of anilines is 1. The Morgan fingerprint density at radius 3 is 2.50 bits per heavy atom. The lowest BCUT2D eigenvalue weighted by Crippen LogP contribution is -1.83. The molecule has 0 amide bonds. The van der Waals surface area contributed by atoms with Crippen LogP contribution >= 0.6 is 27.3 Å². The Morgan fingerprint density at radius 1 is 1.29 bits per heavy atom. The van der Waals surface area contributed by atoms with Gasteiger partial charge >= 0.3 is 0 Å². The lowest BCUT2D eigenvalue weighted by atomic mass is 10.1. The Labute approximate surface area is 94.9 Å². The zero-order chi connectivity index (χ0) is 9.97. The summed E-state index contributed by atoms with van der Waals surface area (Å²) in [5.74, 6) is 0. The minimum atomic E-state index is 0.615. The highest BCUT2D eigenvalue weighted by Gasteiger charge is 2.01. The van der Waals surface area contributed by atoms with E-state index in [1.165, 1.54) is 16.9 Å². The van der Waals surface area contributed by atoms with Gasteiger partial charge in [0.15, 0.2) is 5.13 Å². The van der Waals surface area contributed by atoms with Gasteiger partial charge in [-0.25, -0.2) is 4.98 Å². The molecule has 1 heterocycles. The van der Waals surface area contributed by atoms with E-state index in [9.17, 15) is 0 Å². The molecule has 4 heteroatoms. The van der Waals surface area contributed by atoms with E-state index in [0.717, 1.165) is 16.6 Å². The second kappa shape index (κ2) is 4.11. The Balaban J connectivity index is 2.33. The maximum Gasteiger partial charge on any atom is 0.180 e. The molecule has 2 N–H and O–H groups in total. The van der Waals surface area contributed by atoms with Crippen molar-refractivity contribution in [2.24, 2.45) is 0 Å². The van der Waals surface area contributed by atoms with Crippen molar-refractivity contribution in [3.8, 4) is 11.3 Å². The van der Waals surface area contributed by atoms with Crippen LogP contribution in [-0.2, 0) is 5.33 Å². The van der Waals surface area contributed by atoms with Gasteiger partial charge < -0.3 is 5.73 Å². The maximum atomic E-state index is 5.57. The van der Waals surface area contributed by atoms with Crippen LogP contribution < -0.4 is 5.73 Å². The van der Waals surface area contributed by atoms with Gasteiger partial charge in [0, 0.05) is 16.3 Å². The van der Waals surface area contributed by atoms with E-state index < -0.39 is 0 Å². The molecular formula is C10H9BrN2S. The number of benzene rings is 1. The number of hydrogen-bond acceptors (Lipinski definition) is 3. The van der Waals surface area contributed by atoms with Crippen molar-refractivity contribution in [3.63, 3.8) is 0 Å². The van der Waals surface area contributed by atoms with Gasteiger partial charge in [-0.3, -0.25) is 0 Å². The first-order chi connectivity index (χ1) is 6.79. The van der Waals surface area contributed by atoms with Crippen LogP contribution in [0.5, 0.6) is 0 Å². The van der Waals surface area contributed by atoms with Crippen molar-refractivity contribution < 1.29 is 0 Å². The molecule has 0 radical (unpaired) electrons. The van der Waals surface area contributed by atoms with Crippen LogP contribution in [0.2, 0.25) is 0 Å². The molecule has 2 aromatic rings. The first kappa shape index (κ1) is 9.68. The molecular weight excluding hydrogens is 260 g/mol. The molecule has 0 fully saturated rings. The van der Waals surface area contributed by atoms with E-state index in [1.807, 2.05) is 5.38 Å². The van der Waals surface area contributed by atoms with E-state index in [2.05, 4.69) is 45.2 Å². The molecule has 0 aliphatic heterocycles. The van der Waals surface area contributed by atoms with Gasteiger partial charge in [-0.1, -0.05) is 40.2 Å². The third-order valence-electron chi connectivity index (χ3n) is 1.93. The molecule has 0 atom stereocenters. The van der Waals surface area contributed by atoms with Gasteiger partial charge in [-0.15, -0.1) is 11.3 Å². The number of rotatable bonds is 2. The molecule has 0 unspecified atom stereocenters. The fraction of sp³-hybridized carbons (Fsp3) is 0.100. The van der Waals surface area contributed by atoms with E-state index in [1.54, 1.807) is 0 Å². The average molecular weight is 269 g/mol. The minimum Gasteiger partial charge on any atom is -0.375 e. The monoisotopic (exact) mass is 268 g/mol. The van der Waals surface area contributed by atoms with E-state index in [-0.39, 0.29) is 0 Å². The quantitative estimate of drug-likeness (QED) is 0.850. The molecule has 1 aromatic carbocycles. The smallest absolute Gasteiger partial charge is 0.180 e. The third-order valence-corrected chi connectivity index (χ3v) is 3.25. The highest BCUT2D eigenvalue weighted by molar-refractivity contribution is 9.08. The number of hydrogen-bond donors (Lipinski definition) is 1. The third kappa shape index (κ3) is 1.96. The standard InChI is InChI=1S/C10H9BrN2S/c11-5-7-1-3-8(4-2-7)9-6-14-10(12)13-9/h1-4,6H,5H2,(H2,12,13). The molecule has 2 rings (SSSR count). The molecule has 0 bridgehead atoms. The van der Waals surface area contributed by atoms with Crippen LogP contribution in [0.1, 0.15) is 5.56 Å². The molecule has 0 saturated heterocycles. The zero-order valence-corrected chi connectivity index (χ0v) is 9.81. The van der Waals surface area contributed by atoms with E-state index in [0.29, 0.717) is 5.13 Å². The minimum absolute atomic E-state index is 0.615.